The highest BCUT2D eigenvalue weighted by molar-refractivity contribution is 7.17. The molecule has 0 saturated carbocycles. The molecule has 3 heterocycles. The molecule has 3 rings (SSSR count). The highest BCUT2D eigenvalue weighted by atomic mass is 35.5. The van der Waals surface area contributed by atoms with E-state index in [9.17, 15) is 19.7 Å². The smallest absolute Gasteiger partial charge is 0.324 e. The molecule has 2 saturated heterocycles. The Morgan fingerprint density at radius 3 is 2.48 bits per heavy atom. The molecule has 150 valence electrons. The number of hydrogen-bond donors (Lipinski definition) is 1. The summed E-state index contributed by atoms with van der Waals surface area (Å²) in [6.45, 7) is 3.86. The van der Waals surface area contributed by atoms with Crippen LogP contribution in [-0.2, 0) is 4.79 Å². The molecule has 0 radical (unpaired) electrons. The number of nitro groups is 1. The normalized spacial score (nSPS) is 21.6. The molecule has 2 aliphatic heterocycles. The summed E-state index contributed by atoms with van der Waals surface area (Å²) in [5, 5.41) is 10.8. The van der Waals surface area contributed by atoms with E-state index in [1.165, 1.54) is 12.1 Å². The maximum Gasteiger partial charge on any atom is 0.324 e. The summed E-state index contributed by atoms with van der Waals surface area (Å²) >= 11 is 0.860. The zero-order valence-corrected chi connectivity index (χ0v) is 16.8. The Hall–Kier alpha value is -1.71. The first-order valence-corrected chi connectivity index (χ1v) is 9.79. The first kappa shape index (κ1) is 21.6. The van der Waals surface area contributed by atoms with Crippen molar-refractivity contribution in [3.05, 3.63) is 27.1 Å². The molecule has 0 aliphatic carbocycles. The molecule has 1 aromatic rings. The van der Waals surface area contributed by atoms with Crippen LogP contribution in [0.1, 0.15) is 42.3 Å². The zero-order chi connectivity index (χ0) is 18.8. The number of thiophene rings is 1. The maximum atomic E-state index is 12.9. The summed E-state index contributed by atoms with van der Waals surface area (Å²) in [5.41, 5.74) is 5.96. The number of nitrogens with two attached hydrogens (primary N) is 1. The van der Waals surface area contributed by atoms with Crippen molar-refractivity contribution < 1.29 is 14.5 Å². The Balaban J connectivity index is 0.00000261. The second kappa shape index (κ2) is 8.99. The van der Waals surface area contributed by atoms with Gasteiger partial charge in [-0.25, -0.2) is 0 Å². The maximum absolute atomic E-state index is 12.9. The lowest BCUT2D eigenvalue weighted by Gasteiger charge is -2.36. The van der Waals surface area contributed by atoms with Gasteiger partial charge in [0, 0.05) is 31.7 Å². The van der Waals surface area contributed by atoms with E-state index in [4.69, 9.17) is 5.73 Å². The Morgan fingerprint density at radius 1 is 1.26 bits per heavy atom. The van der Waals surface area contributed by atoms with Gasteiger partial charge in [0.05, 0.1) is 9.80 Å². The lowest BCUT2D eigenvalue weighted by molar-refractivity contribution is -0.380. The quantitative estimate of drug-likeness (QED) is 0.598. The Labute approximate surface area is 168 Å². The van der Waals surface area contributed by atoms with Crippen LogP contribution in [-0.4, -0.2) is 58.3 Å². The van der Waals surface area contributed by atoms with Gasteiger partial charge < -0.3 is 15.5 Å². The van der Waals surface area contributed by atoms with E-state index in [0.29, 0.717) is 36.9 Å². The monoisotopic (exact) mass is 416 g/mol. The van der Waals surface area contributed by atoms with Gasteiger partial charge in [0.15, 0.2) is 0 Å². The first-order valence-electron chi connectivity index (χ1n) is 8.98. The van der Waals surface area contributed by atoms with E-state index in [1.54, 1.807) is 4.90 Å². The van der Waals surface area contributed by atoms with Crippen LogP contribution < -0.4 is 5.73 Å². The molecule has 1 aromatic heterocycles. The third kappa shape index (κ3) is 4.59. The van der Waals surface area contributed by atoms with Crippen molar-refractivity contribution in [1.29, 1.82) is 0 Å². The Bertz CT molecular complexity index is 703. The molecule has 2 aliphatic rings. The van der Waals surface area contributed by atoms with E-state index in [-0.39, 0.29) is 35.3 Å². The highest BCUT2D eigenvalue weighted by Gasteiger charge is 2.38. The molecule has 2 unspecified atom stereocenters. The summed E-state index contributed by atoms with van der Waals surface area (Å²) in [4.78, 5) is 39.7. The number of rotatable bonds is 4. The highest BCUT2D eigenvalue weighted by Crippen LogP contribution is 2.29. The van der Waals surface area contributed by atoms with Crippen molar-refractivity contribution in [1.82, 2.24) is 9.80 Å². The van der Waals surface area contributed by atoms with Gasteiger partial charge in [-0.15, -0.1) is 12.4 Å². The molecule has 0 spiro atoms. The minimum atomic E-state index is -0.503. The minimum absolute atomic E-state index is 0. The van der Waals surface area contributed by atoms with Crippen molar-refractivity contribution in [2.24, 2.45) is 11.7 Å². The molecule has 2 atom stereocenters. The fourth-order valence-corrected chi connectivity index (χ4v) is 4.58. The molecule has 2 fully saturated rings. The van der Waals surface area contributed by atoms with Crippen LogP contribution in [0.2, 0.25) is 0 Å². The minimum Gasteiger partial charge on any atom is -0.341 e. The van der Waals surface area contributed by atoms with Crippen LogP contribution in [0.15, 0.2) is 12.1 Å². The second-order valence-electron chi connectivity index (χ2n) is 7.07. The van der Waals surface area contributed by atoms with Crippen LogP contribution in [0.4, 0.5) is 5.00 Å². The summed E-state index contributed by atoms with van der Waals surface area (Å²) in [6.07, 6.45) is 3.19. The summed E-state index contributed by atoms with van der Waals surface area (Å²) in [6, 6.07) is 2.48. The van der Waals surface area contributed by atoms with Crippen LogP contribution >= 0.6 is 23.7 Å². The van der Waals surface area contributed by atoms with Crippen molar-refractivity contribution in [3.8, 4) is 0 Å². The molecule has 10 heteroatoms. The van der Waals surface area contributed by atoms with Crippen LogP contribution in [0.25, 0.3) is 0 Å². The van der Waals surface area contributed by atoms with Crippen molar-refractivity contribution in [3.63, 3.8) is 0 Å². The fourth-order valence-electron chi connectivity index (χ4n) is 3.81. The third-order valence-electron chi connectivity index (χ3n) is 5.38. The number of piperidine rings is 1. The van der Waals surface area contributed by atoms with Gasteiger partial charge in [-0.05, 0) is 44.6 Å². The SMILES string of the molecule is CC(N)C1CCN(C(=O)C2CCCN2C(=O)c2ccc([N+](=O)[O-])s2)CC1.Cl. The predicted molar refractivity (Wildman–Crippen MR) is 105 cm³/mol. The molecule has 8 nitrogen and oxygen atoms in total. The Kier molecular flexibility index (Phi) is 7.19. The summed E-state index contributed by atoms with van der Waals surface area (Å²) < 4.78 is 0. The topological polar surface area (TPSA) is 110 Å². The lowest BCUT2D eigenvalue weighted by Crippen LogP contribution is -2.51. The van der Waals surface area contributed by atoms with Crippen molar-refractivity contribution in [2.45, 2.75) is 44.7 Å². The van der Waals surface area contributed by atoms with Crippen molar-refractivity contribution >= 4 is 40.6 Å². The molecular weight excluding hydrogens is 392 g/mol. The number of nitrogens with zero attached hydrogens (tertiary/aromatic N) is 3. The van der Waals surface area contributed by atoms with Gasteiger partial charge >= 0.3 is 5.00 Å². The average molecular weight is 417 g/mol. The van der Waals surface area contributed by atoms with E-state index < -0.39 is 11.0 Å². The van der Waals surface area contributed by atoms with E-state index in [2.05, 4.69) is 0 Å². The third-order valence-corrected chi connectivity index (χ3v) is 6.40. The molecule has 2 amide bonds. The van der Waals surface area contributed by atoms with E-state index in [1.807, 2.05) is 11.8 Å². The number of hydrogen-bond acceptors (Lipinski definition) is 6. The van der Waals surface area contributed by atoms with Gasteiger partial charge in [-0.2, -0.15) is 0 Å². The van der Waals surface area contributed by atoms with E-state index in [0.717, 1.165) is 30.6 Å². The summed E-state index contributed by atoms with van der Waals surface area (Å²) in [7, 11) is 0. The number of likely N-dealkylation sites (tertiary alicyclic amines) is 2. The predicted octanol–water partition coefficient (Wildman–Crippen LogP) is 2.27. The average Bonchev–Trinajstić information content (AvgIpc) is 3.30. The number of carbonyl (C=O) groups excluding carboxylic acids is 2. The number of halogens is 1. The second-order valence-corrected chi connectivity index (χ2v) is 8.14. The van der Waals surface area contributed by atoms with Gasteiger partial charge in [-0.1, -0.05) is 11.3 Å². The number of amides is 2. The zero-order valence-electron chi connectivity index (χ0n) is 15.2. The first-order chi connectivity index (χ1) is 12.4. The molecule has 0 bridgehead atoms. The van der Waals surface area contributed by atoms with Gasteiger partial charge in [-0.3, -0.25) is 19.7 Å². The fraction of sp³-hybridized carbons (Fsp3) is 0.647. The van der Waals surface area contributed by atoms with E-state index >= 15 is 0 Å². The van der Waals surface area contributed by atoms with Crippen LogP contribution in [0.5, 0.6) is 0 Å². The standard InChI is InChI=1S/C17H24N4O4S.ClH/c1-11(18)12-6-9-19(10-7-12)16(22)13-3-2-8-20(13)17(23)14-4-5-15(26-14)21(24)25;/h4-5,11-13H,2-3,6-10,18H2,1H3;1H. The Morgan fingerprint density at radius 2 is 1.93 bits per heavy atom. The van der Waals surface area contributed by atoms with Gasteiger partial charge in [0.2, 0.25) is 5.91 Å². The lowest BCUT2D eigenvalue weighted by atomic mass is 9.90. The molecule has 0 aromatic carbocycles. The summed E-state index contributed by atoms with van der Waals surface area (Å²) in [5.74, 6) is 0.140. The largest absolute Gasteiger partial charge is 0.341 e. The molecular formula is C17H25ClN4O4S. The van der Waals surface area contributed by atoms with Crippen molar-refractivity contribution in [2.75, 3.05) is 19.6 Å². The van der Waals surface area contributed by atoms with Crippen LogP contribution in [0, 0.1) is 16.0 Å². The van der Waals surface area contributed by atoms with Gasteiger partial charge in [0.1, 0.15) is 6.04 Å². The van der Waals surface area contributed by atoms with Gasteiger partial charge in [0.25, 0.3) is 5.91 Å². The molecule has 27 heavy (non-hydrogen) atoms. The number of carbonyl (C=O) groups is 2. The van der Waals surface area contributed by atoms with Crippen LogP contribution in [0.3, 0.4) is 0 Å². The molecule has 2 N–H and O–H groups in total.